The van der Waals surface area contributed by atoms with Crippen LogP contribution in [0, 0.1) is 11.8 Å². The highest BCUT2D eigenvalue weighted by atomic mass is 16.5. The van der Waals surface area contributed by atoms with Crippen molar-refractivity contribution in [3.05, 3.63) is 35.4 Å². The molecule has 0 bridgehead atoms. The van der Waals surface area contributed by atoms with Gasteiger partial charge in [0.1, 0.15) is 5.78 Å². The Bertz CT molecular complexity index is 480. The van der Waals surface area contributed by atoms with E-state index in [4.69, 9.17) is 4.74 Å². The Hall–Kier alpha value is -1.15. The zero-order valence-electron chi connectivity index (χ0n) is 12.3. The minimum atomic E-state index is -0.00636. The van der Waals surface area contributed by atoms with E-state index in [-0.39, 0.29) is 12.0 Å². The van der Waals surface area contributed by atoms with Crippen LogP contribution < -0.4 is 0 Å². The molecule has 3 rings (SSSR count). The third-order valence-electron chi connectivity index (χ3n) is 5.05. The lowest BCUT2D eigenvalue weighted by Gasteiger charge is -2.26. The fourth-order valence-electron chi connectivity index (χ4n) is 3.73. The molecule has 0 radical (unpaired) electrons. The Morgan fingerprint density at radius 2 is 2.15 bits per heavy atom. The number of Topliss-reactive ketones (excluding diaryl/α,β-unsaturated/α-hetero) is 1. The third-order valence-corrected chi connectivity index (χ3v) is 5.05. The van der Waals surface area contributed by atoms with Crippen molar-refractivity contribution in [1.29, 1.82) is 0 Å². The van der Waals surface area contributed by atoms with Crippen LogP contribution in [0.2, 0.25) is 0 Å². The molecule has 108 valence electrons. The molecule has 3 atom stereocenters. The molecule has 1 aliphatic heterocycles. The second-order valence-electron chi connectivity index (χ2n) is 6.26. The van der Waals surface area contributed by atoms with E-state index in [1.165, 1.54) is 24.0 Å². The fraction of sp³-hybridized carbons (Fsp3) is 0.611. The molecule has 1 aromatic rings. The van der Waals surface area contributed by atoms with Gasteiger partial charge < -0.3 is 4.74 Å². The molecule has 1 saturated carbocycles. The lowest BCUT2D eigenvalue weighted by Crippen LogP contribution is -2.22. The van der Waals surface area contributed by atoms with Gasteiger partial charge >= 0.3 is 0 Å². The van der Waals surface area contributed by atoms with Gasteiger partial charge in [0.05, 0.1) is 12.7 Å². The minimum Gasteiger partial charge on any atom is -0.373 e. The summed E-state index contributed by atoms with van der Waals surface area (Å²) in [6.07, 6.45) is 6.17. The molecule has 1 aliphatic carbocycles. The van der Waals surface area contributed by atoms with Crippen LogP contribution in [0.5, 0.6) is 0 Å². The van der Waals surface area contributed by atoms with Gasteiger partial charge in [-0.05, 0) is 42.7 Å². The average molecular weight is 272 g/mol. The lowest BCUT2D eigenvalue weighted by molar-refractivity contribution is -0.126. The Balaban J connectivity index is 1.65. The summed E-state index contributed by atoms with van der Waals surface area (Å²) >= 11 is 0. The maximum atomic E-state index is 12.5. The summed E-state index contributed by atoms with van der Waals surface area (Å²) in [5.74, 6) is 1.48. The van der Waals surface area contributed by atoms with Crippen LogP contribution in [0.15, 0.2) is 24.3 Å². The van der Waals surface area contributed by atoms with Crippen molar-refractivity contribution in [3.63, 3.8) is 0 Å². The quantitative estimate of drug-likeness (QED) is 0.825. The molecule has 2 aliphatic rings. The molecule has 0 amide bonds. The van der Waals surface area contributed by atoms with Gasteiger partial charge in [-0.25, -0.2) is 0 Å². The van der Waals surface area contributed by atoms with Crippen LogP contribution in [0.25, 0.3) is 0 Å². The topological polar surface area (TPSA) is 26.3 Å². The standard InChI is InChI=1S/C18H24O2/c1-2-13-7-8-15(11-13)17(19)12-18-16-6-4-3-5-14(16)9-10-20-18/h3-6,13,15,18H,2,7-12H2,1H3. The molecule has 3 unspecified atom stereocenters. The molecule has 0 aromatic heterocycles. The summed E-state index contributed by atoms with van der Waals surface area (Å²) in [6.45, 7) is 2.98. The van der Waals surface area contributed by atoms with Crippen molar-refractivity contribution in [2.24, 2.45) is 11.8 Å². The summed E-state index contributed by atoms with van der Waals surface area (Å²) < 4.78 is 5.87. The summed E-state index contributed by atoms with van der Waals surface area (Å²) in [6, 6.07) is 8.41. The smallest absolute Gasteiger partial charge is 0.138 e. The lowest BCUT2D eigenvalue weighted by atomic mass is 9.90. The zero-order valence-corrected chi connectivity index (χ0v) is 12.3. The molecule has 0 saturated heterocycles. The number of rotatable bonds is 4. The van der Waals surface area contributed by atoms with Gasteiger partial charge in [0.2, 0.25) is 0 Å². The first-order chi connectivity index (χ1) is 9.78. The zero-order chi connectivity index (χ0) is 13.9. The first-order valence-electron chi connectivity index (χ1n) is 8.00. The molecule has 2 heteroatoms. The molecule has 20 heavy (non-hydrogen) atoms. The molecule has 1 fully saturated rings. The van der Waals surface area contributed by atoms with Gasteiger partial charge in [-0.2, -0.15) is 0 Å². The molecular formula is C18H24O2. The third kappa shape index (κ3) is 2.80. The fourth-order valence-corrected chi connectivity index (χ4v) is 3.73. The largest absolute Gasteiger partial charge is 0.373 e. The van der Waals surface area contributed by atoms with Crippen molar-refractivity contribution in [1.82, 2.24) is 0 Å². The second-order valence-corrected chi connectivity index (χ2v) is 6.26. The van der Waals surface area contributed by atoms with E-state index in [1.807, 2.05) is 6.07 Å². The normalized spacial score (nSPS) is 29.1. The van der Waals surface area contributed by atoms with Gasteiger partial charge in [0.25, 0.3) is 0 Å². The summed E-state index contributed by atoms with van der Waals surface area (Å²) in [5, 5.41) is 0. The van der Waals surface area contributed by atoms with Crippen LogP contribution in [-0.2, 0) is 16.0 Å². The van der Waals surface area contributed by atoms with Crippen molar-refractivity contribution >= 4 is 5.78 Å². The maximum Gasteiger partial charge on any atom is 0.138 e. The molecule has 0 N–H and O–H groups in total. The summed E-state index contributed by atoms with van der Waals surface area (Å²) in [5.41, 5.74) is 2.59. The van der Waals surface area contributed by atoms with Gasteiger partial charge in [-0.1, -0.05) is 37.6 Å². The molecular weight excluding hydrogens is 248 g/mol. The Morgan fingerprint density at radius 1 is 1.30 bits per heavy atom. The maximum absolute atomic E-state index is 12.5. The Kier molecular flexibility index (Phi) is 4.21. The summed E-state index contributed by atoms with van der Waals surface area (Å²) in [7, 11) is 0. The number of carbonyl (C=O) groups is 1. The van der Waals surface area contributed by atoms with Crippen LogP contribution >= 0.6 is 0 Å². The van der Waals surface area contributed by atoms with Crippen LogP contribution in [0.3, 0.4) is 0 Å². The minimum absolute atomic E-state index is 0.00636. The number of benzene rings is 1. The van der Waals surface area contributed by atoms with Gasteiger partial charge in [-0.3, -0.25) is 4.79 Å². The van der Waals surface area contributed by atoms with E-state index < -0.39 is 0 Å². The monoisotopic (exact) mass is 272 g/mol. The SMILES string of the molecule is CCC1CCC(C(=O)CC2OCCc3ccccc32)C1. The predicted molar refractivity (Wildman–Crippen MR) is 79.6 cm³/mol. The molecule has 2 nitrogen and oxygen atoms in total. The van der Waals surface area contributed by atoms with E-state index in [2.05, 4.69) is 25.1 Å². The van der Waals surface area contributed by atoms with Crippen molar-refractivity contribution in [2.75, 3.05) is 6.61 Å². The van der Waals surface area contributed by atoms with Crippen molar-refractivity contribution in [3.8, 4) is 0 Å². The van der Waals surface area contributed by atoms with Crippen molar-refractivity contribution < 1.29 is 9.53 Å². The number of ketones is 1. The predicted octanol–water partition coefficient (Wildman–Crippen LogP) is 4.09. The first-order valence-corrected chi connectivity index (χ1v) is 8.00. The van der Waals surface area contributed by atoms with E-state index in [0.29, 0.717) is 12.2 Å². The van der Waals surface area contributed by atoms with E-state index in [9.17, 15) is 4.79 Å². The van der Waals surface area contributed by atoms with E-state index in [1.54, 1.807) is 0 Å². The first kappa shape index (κ1) is 13.8. The van der Waals surface area contributed by atoms with Gasteiger partial charge in [0, 0.05) is 12.3 Å². The highest BCUT2D eigenvalue weighted by molar-refractivity contribution is 5.82. The Labute approximate surface area is 121 Å². The highest BCUT2D eigenvalue weighted by Crippen LogP contribution is 2.37. The summed E-state index contributed by atoms with van der Waals surface area (Å²) in [4.78, 5) is 12.5. The number of fused-ring (bicyclic) bond motifs is 1. The molecule has 1 heterocycles. The van der Waals surface area contributed by atoms with E-state index >= 15 is 0 Å². The number of hydrogen-bond acceptors (Lipinski definition) is 2. The highest BCUT2D eigenvalue weighted by Gasteiger charge is 2.31. The number of ether oxygens (including phenoxy) is 1. The molecule has 1 aromatic carbocycles. The van der Waals surface area contributed by atoms with Gasteiger partial charge in [-0.15, -0.1) is 0 Å². The van der Waals surface area contributed by atoms with Crippen LogP contribution in [0.1, 0.15) is 56.3 Å². The molecule has 0 spiro atoms. The average Bonchev–Trinajstić information content (AvgIpc) is 2.97. The van der Waals surface area contributed by atoms with Crippen molar-refractivity contribution in [2.45, 2.75) is 51.6 Å². The Morgan fingerprint density at radius 3 is 2.95 bits per heavy atom. The van der Waals surface area contributed by atoms with Crippen LogP contribution in [-0.4, -0.2) is 12.4 Å². The van der Waals surface area contributed by atoms with Gasteiger partial charge in [0.15, 0.2) is 0 Å². The van der Waals surface area contributed by atoms with E-state index in [0.717, 1.165) is 31.8 Å². The number of carbonyl (C=O) groups excluding carboxylic acids is 1. The van der Waals surface area contributed by atoms with Crippen LogP contribution in [0.4, 0.5) is 0 Å². The number of hydrogen-bond donors (Lipinski definition) is 0. The second kappa shape index (κ2) is 6.09.